The van der Waals surface area contributed by atoms with E-state index in [2.05, 4.69) is 10.5 Å². The highest BCUT2D eigenvalue weighted by molar-refractivity contribution is 7.99. The molecule has 4 nitrogen and oxygen atoms in total. The molecule has 0 radical (unpaired) electrons. The summed E-state index contributed by atoms with van der Waals surface area (Å²) in [5.41, 5.74) is 1.14. The summed E-state index contributed by atoms with van der Waals surface area (Å²) in [6.07, 6.45) is 0. The van der Waals surface area contributed by atoms with E-state index in [0.29, 0.717) is 16.6 Å². The Hall–Kier alpha value is -1.46. The highest BCUT2D eigenvalue weighted by Gasteiger charge is 2.15. The maximum atomic E-state index is 12.0. The minimum Gasteiger partial charge on any atom is -0.360 e. The van der Waals surface area contributed by atoms with Gasteiger partial charge in [-0.2, -0.15) is 0 Å². The largest absolute Gasteiger partial charge is 0.360 e. The Kier molecular flexibility index (Phi) is 5.09. The van der Waals surface area contributed by atoms with Crippen molar-refractivity contribution in [3.05, 3.63) is 46.7 Å². The number of amides is 1. The number of carbonyl (C=O) groups excluding carboxylic acids is 1. The van der Waals surface area contributed by atoms with Crippen LogP contribution in [0.4, 0.5) is 5.82 Å². The molecule has 0 saturated carbocycles. The molecule has 0 unspecified atom stereocenters. The molecule has 1 aromatic carbocycles. The van der Waals surface area contributed by atoms with Crippen molar-refractivity contribution in [2.24, 2.45) is 0 Å². The van der Waals surface area contributed by atoms with Crippen LogP contribution in [-0.4, -0.2) is 16.3 Å². The summed E-state index contributed by atoms with van der Waals surface area (Å²) in [4.78, 5) is 12.0. The van der Waals surface area contributed by atoms with Gasteiger partial charge in [0.25, 0.3) is 0 Å². The lowest BCUT2D eigenvalue weighted by Crippen LogP contribution is -2.22. The van der Waals surface area contributed by atoms with Crippen molar-refractivity contribution in [1.29, 1.82) is 0 Å². The molecule has 1 N–H and O–H groups in total. The molecule has 1 heterocycles. The van der Waals surface area contributed by atoms with Crippen molar-refractivity contribution in [1.82, 2.24) is 5.16 Å². The van der Waals surface area contributed by atoms with Crippen LogP contribution in [0.25, 0.3) is 0 Å². The maximum absolute atomic E-state index is 12.0. The molecule has 1 amide bonds. The van der Waals surface area contributed by atoms with Gasteiger partial charge in [-0.25, -0.2) is 0 Å². The van der Waals surface area contributed by atoms with Gasteiger partial charge in [0, 0.05) is 16.8 Å². The van der Waals surface area contributed by atoms with Gasteiger partial charge in [-0.3, -0.25) is 4.79 Å². The zero-order chi connectivity index (χ0) is 14.5. The third kappa shape index (κ3) is 4.28. The quantitative estimate of drug-likeness (QED) is 0.910. The zero-order valence-electron chi connectivity index (χ0n) is 11.2. The standard InChI is InChI=1S/C14H15ClN2O2S/c1-9-7-13(17-19-9)16-14(18)10(2)20-8-11-3-5-12(15)6-4-11/h3-7,10H,8H2,1-2H3,(H,16,17,18)/t10-/m1/s1. The number of aromatic nitrogens is 1. The minimum atomic E-state index is -0.178. The maximum Gasteiger partial charge on any atom is 0.238 e. The van der Waals surface area contributed by atoms with E-state index < -0.39 is 0 Å². The average molecular weight is 311 g/mol. The summed E-state index contributed by atoms with van der Waals surface area (Å²) < 4.78 is 4.90. The number of benzene rings is 1. The van der Waals surface area contributed by atoms with Crippen molar-refractivity contribution < 1.29 is 9.32 Å². The topological polar surface area (TPSA) is 55.1 Å². The lowest BCUT2D eigenvalue weighted by molar-refractivity contribution is -0.115. The lowest BCUT2D eigenvalue weighted by atomic mass is 10.2. The monoisotopic (exact) mass is 310 g/mol. The predicted molar refractivity (Wildman–Crippen MR) is 82.1 cm³/mol. The summed E-state index contributed by atoms with van der Waals surface area (Å²) in [5, 5.41) is 6.99. The fraction of sp³-hybridized carbons (Fsp3) is 0.286. The zero-order valence-corrected chi connectivity index (χ0v) is 12.8. The molecule has 0 aliphatic rings. The Labute approximate surface area is 126 Å². The molecular formula is C14H15ClN2O2S. The third-order valence-electron chi connectivity index (χ3n) is 2.66. The summed E-state index contributed by atoms with van der Waals surface area (Å²) in [6, 6.07) is 9.30. The smallest absolute Gasteiger partial charge is 0.238 e. The lowest BCUT2D eigenvalue weighted by Gasteiger charge is -2.10. The normalized spacial score (nSPS) is 12.2. The number of hydrogen-bond donors (Lipinski definition) is 1. The Morgan fingerprint density at radius 1 is 1.45 bits per heavy atom. The van der Waals surface area contributed by atoms with Crippen molar-refractivity contribution in [2.45, 2.75) is 24.9 Å². The number of anilines is 1. The van der Waals surface area contributed by atoms with Gasteiger partial charge in [-0.1, -0.05) is 28.9 Å². The SMILES string of the molecule is Cc1cc(NC(=O)[C@@H](C)SCc2ccc(Cl)cc2)no1. The summed E-state index contributed by atoms with van der Waals surface area (Å²) in [7, 11) is 0. The first-order chi connectivity index (χ1) is 9.54. The van der Waals surface area contributed by atoms with Crippen molar-refractivity contribution in [3.8, 4) is 0 Å². The van der Waals surface area contributed by atoms with Crippen LogP contribution in [0.2, 0.25) is 5.02 Å². The minimum absolute atomic E-state index is 0.0859. The molecular weight excluding hydrogens is 296 g/mol. The van der Waals surface area contributed by atoms with Gasteiger partial charge >= 0.3 is 0 Å². The van der Waals surface area contributed by atoms with Gasteiger partial charge in [0.1, 0.15) is 5.76 Å². The number of nitrogens with one attached hydrogen (secondary N) is 1. The Morgan fingerprint density at radius 3 is 2.75 bits per heavy atom. The molecule has 0 aliphatic carbocycles. The van der Waals surface area contributed by atoms with E-state index in [1.807, 2.05) is 31.2 Å². The number of thioether (sulfide) groups is 1. The van der Waals surface area contributed by atoms with Gasteiger partial charge in [0.05, 0.1) is 5.25 Å². The van der Waals surface area contributed by atoms with Crippen LogP contribution in [0.15, 0.2) is 34.9 Å². The number of carbonyl (C=O) groups is 1. The van der Waals surface area contributed by atoms with Crippen molar-refractivity contribution in [3.63, 3.8) is 0 Å². The second kappa shape index (κ2) is 6.81. The first kappa shape index (κ1) is 14.9. The van der Waals surface area contributed by atoms with Gasteiger partial charge in [0.2, 0.25) is 5.91 Å². The third-order valence-corrected chi connectivity index (χ3v) is 4.13. The average Bonchev–Trinajstić information content (AvgIpc) is 2.83. The molecule has 106 valence electrons. The van der Waals surface area contributed by atoms with Crippen LogP contribution < -0.4 is 5.32 Å². The van der Waals surface area contributed by atoms with Gasteiger partial charge in [-0.05, 0) is 31.5 Å². The number of aryl methyl sites for hydroxylation is 1. The number of nitrogens with zero attached hydrogens (tertiary/aromatic N) is 1. The van der Waals surface area contributed by atoms with Crippen LogP contribution in [0.5, 0.6) is 0 Å². The van der Waals surface area contributed by atoms with Crippen LogP contribution >= 0.6 is 23.4 Å². The van der Waals surface area contributed by atoms with Crippen LogP contribution in [0, 0.1) is 6.92 Å². The van der Waals surface area contributed by atoms with Crippen LogP contribution in [-0.2, 0) is 10.5 Å². The highest BCUT2D eigenvalue weighted by atomic mass is 35.5. The van der Waals surface area contributed by atoms with E-state index in [-0.39, 0.29) is 11.2 Å². The Morgan fingerprint density at radius 2 is 2.15 bits per heavy atom. The molecule has 2 rings (SSSR count). The Balaban J connectivity index is 1.83. The van der Waals surface area contributed by atoms with E-state index >= 15 is 0 Å². The predicted octanol–water partition coefficient (Wildman–Crippen LogP) is 3.90. The number of halogens is 1. The molecule has 2 aromatic rings. The number of rotatable bonds is 5. The molecule has 1 atom stereocenters. The molecule has 0 bridgehead atoms. The molecule has 0 spiro atoms. The van der Waals surface area contributed by atoms with E-state index in [0.717, 1.165) is 11.3 Å². The molecule has 0 fully saturated rings. The van der Waals surface area contributed by atoms with Crippen LogP contribution in [0.3, 0.4) is 0 Å². The Bertz CT molecular complexity index is 583. The summed E-state index contributed by atoms with van der Waals surface area (Å²) >= 11 is 7.39. The molecule has 0 saturated heterocycles. The van der Waals surface area contributed by atoms with E-state index in [4.69, 9.17) is 16.1 Å². The van der Waals surface area contributed by atoms with Gasteiger partial charge in [0.15, 0.2) is 5.82 Å². The molecule has 0 aliphatic heterocycles. The second-order valence-corrected chi connectivity index (χ2v) is 6.16. The fourth-order valence-corrected chi connectivity index (χ4v) is 2.50. The summed E-state index contributed by atoms with van der Waals surface area (Å²) in [6.45, 7) is 3.64. The van der Waals surface area contributed by atoms with E-state index in [9.17, 15) is 4.79 Å². The van der Waals surface area contributed by atoms with E-state index in [1.54, 1.807) is 24.8 Å². The second-order valence-electron chi connectivity index (χ2n) is 4.39. The van der Waals surface area contributed by atoms with Crippen molar-refractivity contribution in [2.75, 3.05) is 5.32 Å². The van der Waals surface area contributed by atoms with E-state index in [1.165, 1.54) is 0 Å². The highest BCUT2D eigenvalue weighted by Crippen LogP contribution is 2.20. The summed E-state index contributed by atoms with van der Waals surface area (Å²) in [5.74, 6) is 1.79. The van der Waals surface area contributed by atoms with Crippen LogP contribution in [0.1, 0.15) is 18.2 Å². The fourth-order valence-electron chi connectivity index (χ4n) is 1.53. The number of hydrogen-bond acceptors (Lipinski definition) is 4. The molecule has 1 aromatic heterocycles. The molecule has 6 heteroatoms. The first-order valence-corrected chi connectivity index (χ1v) is 7.57. The van der Waals surface area contributed by atoms with Crippen molar-refractivity contribution >= 4 is 35.1 Å². The van der Waals surface area contributed by atoms with Gasteiger partial charge < -0.3 is 9.84 Å². The first-order valence-electron chi connectivity index (χ1n) is 6.15. The molecule has 20 heavy (non-hydrogen) atoms. The van der Waals surface area contributed by atoms with Gasteiger partial charge in [-0.15, -0.1) is 11.8 Å².